The van der Waals surface area contributed by atoms with Gasteiger partial charge in [0.25, 0.3) is 0 Å². The van der Waals surface area contributed by atoms with E-state index in [0.29, 0.717) is 11.3 Å². The van der Waals surface area contributed by atoms with Crippen molar-refractivity contribution in [2.24, 2.45) is 0 Å². The third-order valence-electron chi connectivity index (χ3n) is 3.74. The molecular weight excluding hydrogens is 370 g/mol. The highest BCUT2D eigenvalue weighted by Crippen LogP contribution is 2.32. The van der Waals surface area contributed by atoms with Crippen molar-refractivity contribution in [2.75, 3.05) is 7.11 Å². The number of fused-ring (bicyclic) bond motifs is 1. The van der Waals surface area contributed by atoms with Crippen LogP contribution in [-0.2, 0) is 14.6 Å². The van der Waals surface area contributed by atoms with Crippen molar-refractivity contribution in [3.8, 4) is 0 Å². The highest BCUT2D eigenvalue weighted by Gasteiger charge is 2.36. The second-order valence-electron chi connectivity index (χ2n) is 5.47. The number of thiazole rings is 1. The normalized spacial score (nSPS) is 13.7. The SMILES string of the molecule is CC.CO[C@H](c1ncc(C)cn1)[C@H](C)S(=O)(=O)c1nc2ccccc2s1. The van der Waals surface area contributed by atoms with Crippen LogP contribution >= 0.6 is 11.3 Å². The third-order valence-corrected chi connectivity index (χ3v) is 7.32. The average molecular weight is 394 g/mol. The van der Waals surface area contributed by atoms with Crippen molar-refractivity contribution in [2.45, 2.75) is 43.4 Å². The molecular formula is C18H23N3O3S2. The van der Waals surface area contributed by atoms with Crippen LogP contribution in [0.4, 0.5) is 0 Å². The van der Waals surface area contributed by atoms with Crippen LogP contribution in [0.25, 0.3) is 10.2 Å². The summed E-state index contributed by atoms with van der Waals surface area (Å²) < 4.78 is 32.2. The number of rotatable bonds is 5. The van der Waals surface area contributed by atoms with Gasteiger partial charge in [0.15, 0.2) is 5.82 Å². The quantitative estimate of drug-likeness (QED) is 0.652. The lowest BCUT2D eigenvalue weighted by molar-refractivity contribution is 0.0948. The third kappa shape index (κ3) is 4.08. The van der Waals surface area contributed by atoms with Gasteiger partial charge in [-0.1, -0.05) is 26.0 Å². The minimum absolute atomic E-state index is 0.0883. The molecule has 0 radical (unpaired) electrons. The van der Waals surface area contributed by atoms with Gasteiger partial charge in [-0.3, -0.25) is 0 Å². The summed E-state index contributed by atoms with van der Waals surface area (Å²) in [6.45, 7) is 7.46. The van der Waals surface area contributed by atoms with Crippen LogP contribution in [-0.4, -0.2) is 35.7 Å². The Morgan fingerprint density at radius 2 is 1.73 bits per heavy atom. The minimum atomic E-state index is -3.67. The lowest BCUT2D eigenvalue weighted by Crippen LogP contribution is -2.28. The van der Waals surface area contributed by atoms with Gasteiger partial charge in [0.2, 0.25) is 14.2 Å². The number of hydrogen-bond donors (Lipinski definition) is 0. The van der Waals surface area contributed by atoms with Crippen LogP contribution in [0.3, 0.4) is 0 Å². The highest BCUT2D eigenvalue weighted by molar-refractivity contribution is 7.94. The summed E-state index contributed by atoms with van der Waals surface area (Å²) in [7, 11) is -2.21. The van der Waals surface area contributed by atoms with Crippen LogP contribution in [0.5, 0.6) is 0 Å². The lowest BCUT2D eigenvalue weighted by atomic mass is 10.2. The molecule has 0 aliphatic heterocycles. The zero-order valence-corrected chi connectivity index (χ0v) is 17.1. The van der Waals surface area contributed by atoms with Crippen LogP contribution in [0.2, 0.25) is 0 Å². The molecule has 3 aromatic rings. The molecule has 0 saturated heterocycles. The molecule has 0 amide bonds. The number of ether oxygens (including phenoxy) is 1. The van der Waals surface area contributed by atoms with Gasteiger partial charge in [0.05, 0.1) is 15.5 Å². The Bertz CT molecular complexity index is 920. The molecule has 0 N–H and O–H groups in total. The number of sulfone groups is 1. The smallest absolute Gasteiger partial charge is 0.210 e. The summed E-state index contributed by atoms with van der Waals surface area (Å²) in [6, 6.07) is 7.35. The van der Waals surface area contributed by atoms with E-state index in [1.165, 1.54) is 7.11 Å². The van der Waals surface area contributed by atoms with Gasteiger partial charge < -0.3 is 4.74 Å². The zero-order chi connectivity index (χ0) is 19.3. The van der Waals surface area contributed by atoms with E-state index in [9.17, 15) is 8.42 Å². The number of aromatic nitrogens is 3. The Hall–Kier alpha value is -1.90. The predicted octanol–water partition coefficient (Wildman–Crippen LogP) is 3.97. The molecule has 8 heteroatoms. The molecule has 0 fully saturated rings. The number of nitrogens with zero attached hydrogens (tertiary/aromatic N) is 3. The fourth-order valence-corrected chi connectivity index (χ4v) is 5.34. The van der Waals surface area contributed by atoms with Gasteiger partial charge in [0, 0.05) is 19.5 Å². The fourth-order valence-electron chi connectivity index (χ4n) is 2.35. The Labute approximate surface area is 158 Å². The number of methoxy groups -OCH3 is 1. The van der Waals surface area contributed by atoms with Gasteiger partial charge in [-0.15, -0.1) is 11.3 Å². The molecule has 2 atom stereocenters. The Morgan fingerprint density at radius 1 is 1.12 bits per heavy atom. The van der Waals surface area contributed by atoms with Crippen LogP contribution in [0.15, 0.2) is 41.0 Å². The molecule has 2 heterocycles. The van der Waals surface area contributed by atoms with Crippen molar-refractivity contribution in [1.29, 1.82) is 0 Å². The van der Waals surface area contributed by atoms with E-state index >= 15 is 0 Å². The lowest BCUT2D eigenvalue weighted by Gasteiger charge is -2.20. The Balaban J connectivity index is 0.00000117. The summed E-state index contributed by atoms with van der Waals surface area (Å²) in [6.07, 6.45) is 2.53. The second kappa shape index (κ2) is 8.66. The number of para-hydroxylation sites is 1. The second-order valence-corrected chi connectivity index (χ2v) is 8.98. The first-order valence-corrected chi connectivity index (χ1v) is 10.7. The molecule has 0 bridgehead atoms. The van der Waals surface area contributed by atoms with Crippen molar-refractivity contribution in [1.82, 2.24) is 15.0 Å². The number of hydrogen-bond acceptors (Lipinski definition) is 7. The summed E-state index contributed by atoms with van der Waals surface area (Å²) in [5.41, 5.74) is 1.57. The topological polar surface area (TPSA) is 82.0 Å². The van der Waals surface area contributed by atoms with E-state index in [1.54, 1.807) is 25.4 Å². The highest BCUT2D eigenvalue weighted by atomic mass is 32.2. The molecule has 2 aromatic heterocycles. The molecule has 0 aliphatic rings. The summed E-state index contributed by atoms with van der Waals surface area (Å²) >= 11 is 1.16. The Morgan fingerprint density at radius 3 is 2.31 bits per heavy atom. The summed E-state index contributed by atoms with van der Waals surface area (Å²) in [5.74, 6) is 0.347. The van der Waals surface area contributed by atoms with Crippen molar-refractivity contribution in [3.05, 3.63) is 48.0 Å². The predicted molar refractivity (Wildman–Crippen MR) is 104 cm³/mol. The first-order chi connectivity index (χ1) is 12.4. The maximum atomic E-state index is 13.0. The Kier molecular flexibility index (Phi) is 6.80. The van der Waals surface area contributed by atoms with Crippen LogP contribution < -0.4 is 0 Å². The maximum Gasteiger partial charge on any atom is 0.210 e. The molecule has 0 unspecified atom stereocenters. The minimum Gasteiger partial charge on any atom is -0.372 e. The van der Waals surface area contributed by atoms with E-state index in [0.717, 1.165) is 21.6 Å². The molecule has 3 rings (SSSR count). The van der Waals surface area contributed by atoms with Crippen molar-refractivity contribution < 1.29 is 13.2 Å². The molecule has 0 spiro atoms. The number of benzene rings is 1. The van der Waals surface area contributed by atoms with E-state index in [4.69, 9.17) is 4.74 Å². The first kappa shape index (κ1) is 20.4. The van der Waals surface area contributed by atoms with Crippen LogP contribution in [0.1, 0.15) is 38.3 Å². The molecule has 140 valence electrons. The van der Waals surface area contributed by atoms with Gasteiger partial charge in [-0.2, -0.15) is 0 Å². The molecule has 0 aliphatic carbocycles. The van der Waals surface area contributed by atoms with Gasteiger partial charge in [-0.05, 0) is 31.5 Å². The standard InChI is InChI=1S/C16H17N3O3S2.C2H6/c1-10-8-17-15(18-9-10)14(22-3)11(2)24(20,21)16-19-12-6-4-5-7-13(12)23-16;1-2/h4-9,11,14H,1-3H3;1-2H3/t11-,14-;/m0./s1. The molecule has 1 aromatic carbocycles. The summed E-state index contributed by atoms with van der Waals surface area (Å²) in [5, 5.41) is -0.856. The van der Waals surface area contributed by atoms with Gasteiger partial charge >= 0.3 is 0 Å². The maximum absolute atomic E-state index is 13.0. The first-order valence-electron chi connectivity index (χ1n) is 8.34. The van der Waals surface area contributed by atoms with Gasteiger partial charge in [-0.25, -0.2) is 23.4 Å². The van der Waals surface area contributed by atoms with E-state index in [-0.39, 0.29) is 4.34 Å². The van der Waals surface area contributed by atoms with E-state index in [1.807, 2.05) is 39.0 Å². The largest absolute Gasteiger partial charge is 0.372 e. The number of aryl methyl sites for hydroxylation is 1. The fraction of sp³-hybridized carbons (Fsp3) is 0.389. The molecule has 6 nitrogen and oxygen atoms in total. The van der Waals surface area contributed by atoms with Crippen LogP contribution in [0, 0.1) is 6.92 Å². The molecule has 0 saturated carbocycles. The monoisotopic (exact) mass is 393 g/mol. The zero-order valence-electron chi connectivity index (χ0n) is 15.5. The summed E-state index contributed by atoms with van der Waals surface area (Å²) in [4.78, 5) is 12.7. The van der Waals surface area contributed by atoms with Crippen molar-refractivity contribution >= 4 is 31.4 Å². The van der Waals surface area contributed by atoms with E-state index < -0.39 is 21.2 Å². The average Bonchev–Trinajstić information content (AvgIpc) is 3.10. The van der Waals surface area contributed by atoms with Crippen molar-refractivity contribution in [3.63, 3.8) is 0 Å². The van der Waals surface area contributed by atoms with E-state index in [2.05, 4.69) is 15.0 Å². The molecule has 26 heavy (non-hydrogen) atoms. The van der Waals surface area contributed by atoms with Gasteiger partial charge in [0.1, 0.15) is 6.10 Å².